The van der Waals surface area contributed by atoms with E-state index < -0.39 is 0 Å². The van der Waals surface area contributed by atoms with Crippen LogP contribution in [0.5, 0.6) is 0 Å². The molecular formula is C27H29BN2O2. The highest BCUT2D eigenvalue weighted by atomic mass is 16.7. The van der Waals surface area contributed by atoms with Gasteiger partial charge in [-0.2, -0.15) is 0 Å². The zero-order valence-electron chi connectivity index (χ0n) is 19.4. The molecule has 1 aliphatic heterocycles. The monoisotopic (exact) mass is 424 g/mol. The van der Waals surface area contributed by atoms with Gasteiger partial charge in [0.2, 0.25) is 0 Å². The van der Waals surface area contributed by atoms with Crippen LogP contribution in [0, 0.1) is 0 Å². The molecule has 5 rings (SSSR count). The van der Waals surface area contributed by atoms with Gasteiger partial charge in [-0.3, -0.25) is 4.57 Å². The standard InChI is InChI=1S/C27H29BN2O2/c1-6-25-29-23-12-7-8-13-24(23)30(25)22-16-14-19(15-17-22)20-10-9-11-21(18-20)28-31-26(2,3)27(4,5)32-28/h7-18H,6H2,1-5H3. The van der Waals surface area contributed by atoms with Crippen LogP contribution in [0.2, 0.25) is 0 Å². The van der Waals surface area contributed by atoms with E-state index in [4.69, 9.17) is 14.3 Å². The van der Waals surface area contributed by atoms with Gasteiger partial charge in [0.1, 0.15) is 5.82 Å². The Morgan fingerprint density at radius 1 is 0.812 bits per heavy atom. The Hall–Kier alpha value is -2.89. The second-order valence-corrected chi connectivity index (χ2v) is 9.47. The number of hydrogen-bond donors (Lipinski definition) is 0. The van der Waals surface area contributed by atoms with Crippen LogP contribution >= 0.6 is 0 Å². The van der Waals surface area contributed by atoms with E-state index in [1.54, 1.807) is 0 Å². The van der Waals surface area contributed by atoms with Crippen molar-refractivity contribution in [2.75, 3.05) is 0 Å². The van der Waals surface area contributed by atoms with Gasteiger partial charge in [0.15, 0.2) is 0 Å². The largest absolute Gasteiger partial charge is 0.494 e. The maximum absolute atomic E-state index is 6.24. The highest BCUT2D eigenvalue weighted by Crippen LogP contribution is 2.36. The third-order valence-electron chi connectivity index (χ3n) is 6.82. The van der Waals surface area contributed by atoms with Crippen LogP contribution in [-0.4, -0.2) is 27.9 Å². The summed E-state index contributed by atoms with van der Waals surface area (Å²) in [4.78, 5) is 4.80. The fourth-order valence-electron chi connectivity index (χ4n) is 4.25. The molecule has 4 aromatic rings. The minimum absolute atomic E-state index is 0.347. The lowest BCUT2D eigenvalue weighted by molar-refractivity contribution is 0.00578. The first-order valence-corrected chi connectivity index (χ1v) is 11.3. The summed E-state index contributed by atoms with van der Waals surface area (Å²) >= 11 is 0. The predicted molar refractivity (Wildman–Crippen MR) is 132 cm³/mol. The lowest BCUT2D eigenvalue weighted by Crippen LogP contribution is -2.41. The molecule has 4 nitrogen and oxygen atoms in total. The summed E-state index contributed by atoms with van der Waals surface area (Å²) in [6.45, 7) is 10.5. The molecule has 0 spiro atoms. The lowest BCUT2D eigenvalue weighted by atomic mass is 9.78. The summed E-state index contributed by atoms with van der Waals surface area (Å²) in [5, 5.41) is 0. The Morgan fingerprint density at radius 2 is 1.50 bits per heavy atom. The highest BCUT2D eigenvalue weighted by molar-refractivity contribution is 6.62. The SMILES string of the molecule is CCc1nc2ccccc2n1-c1ccc(-c2cccc(B3OC(C)(C)C(C)(C)O3)c2)cc1. The summed E-state index contributed by atoms with van der Waals surface area (Å²) in [6, 6.07) is 25.4. The van der Waals surface area contributed by atoms with E-state index in [0.29, 0.717) is 0 Å². The van der Waals surface area contributed by atoms with Crippen molar-refractivity contribution in [3.8, 4) is 16.8 Å². The van der Waals surface area contributed by atoms with Crippen LogP contribution in [0.4, 0.5) is 0 Å². The molecule has 32 heavy (non-hydrogen) atoms. The summed E-state index contributed by atoms with van der Waals surface area (Å²) in [5.41, 5.74) is 5.95. The smallest absolute Gasteiger partial charge is 0.399 e. The maximum Gasteiger partial charge on any atom is 0.494 e. The van der Waals surface area contributed by atoms with Gasteiger partial charge in [0, 0.05) is 12.1 Å². The van der Waals surface area contributed by atoms with E-state index in [9.17, 15) is 0 Å². The molecule has 0 unspecified atom stereocenters. The minimum atomic E-state index is -0.358. The third kappa shape index (κ3) is 3.46. The molecule has 1 fully saturated rings. The van der Waals surface area contributed by atoms with Crippen molar-refractivity contribution >= 4 is 23.6 Å². The van der Waals surface area contributed by atoms with Gasteiger partial charge in [-0.05, 0) is 68.6 Å². The molecule has 0 amide bonds. The first-order valence-electron chi connectivity index (χ1n) is 11.3. The van der Waals surface area contributed by atoms with Gasteiger partial charge in [0.05, 0.1) is 22.2 Å². The number of rotatable bonds is 4. The molecule has 3 aromatic carbocycles. The molecule has 0 aliphatic carbocycles. The zero-order chi connectivity index (χ0) is 22.5. The number of benzene rings is 3. The predicted octanol–water partition coefficient (Wildman–Crippen LogP) is 5.55. The Bertz CT molecular complexity index is 1260. The Balaban J connectivity index is 1.47. The van der Waals surface area contributed by atoms with E-state index in [0.717, 1.165) is 45.6 Å². The second-order valence-electron chi connectivity index (χ2n) is 9.47. The zero-order valence-corrected chi connectivity index (χ0v) is 19.4. The molecule has 0 saturated carbocycles. The van der Waals surface area contributed by atoms with Crippen LogP contribution in [0.3, 0.4) is 0 Å². The van der Waals surface area contributed by atoms with Gasteiger partial charge in [-0.1, -0.05) is 55.5 Å². The van der Waals surface area contributed by atoms with E-state index in [1.807, 2.05) is 6.07 Å². The molecule has 0 bridgehead atoms. The van der Waals surface area contributed by atoms with Crippen LogP contribution in [0.1, 0.15) is 40.4 Å². The topological polar surface area (TPSA) is 36.3 Å². The van der Waals surface area contributed by atoms with Crippen LogP contribution in [0.25, 0.3) is 27.8 Å². The fraction of sp³-hybridized carbons (Fsp3) is 0.296. The first kappa shape index (κ1) is 21.0. The maximum atomic E-state index is 6.24. The number of imidazole rings is 1. The average Bonchev–Trinajstić information content (AvgIpc) is 3.27. The molecule has 0 radical (unpaired) electrons. The summed E-state index contributed by atoms with van der Waals surface area (Å²) in [5.74, 6) is 1.07. The highest BCUT2D eigenvalue weighted by Gasteiger charge is 2.51. The fourth-order valence-corrected chi connectivity index (χ4v) is 4.25. The number of hydrogen-bond acceptors (Lipinski definition) is 3. The lowest BCUT2D eigenvalue weighted by Gasteiger charge is -2.32. The minimum Gasteiger partial charge on any atom is -0.399 e. The molecule has 2 heterocycles. The van der Waals surface area contributed by atoms with Crippen molar-refractivity contribution < 1.29 is 9.31 Å². The Morgan fingerprint density at radius 3 is 2.19 bits per heavy atom. The van der Waals surface area contributed by atoms with Crippen molar-refractivity contribution in [1.29, 1.82) is 0 Å². The van der Waals surface area contributed by atoms with Gasteiger partial charge in [-0.15, -0.1) is 0 Å². The second kappa shape index (κ2) is 7.61. The van der Waals surface area contributed by atoms with Crippen molar-refractivity contribution in [3.05, 3.63) is 78.6 Å². The van der Waals surface area contributed by atoms with E-state index in [1.165, 1.54) is 0 Å². The van der Waals surface area contributed by atoms with Gasteiger partial charge in [0.25, 0.3) is 0 Å². The number of fused-ring (bicyclic) bond motifs is 1. The van der Waals surface area contributed by atoms with E-state index in [2.05, 4.69) is 106 Å². The number of aromatic nitrogens is 2. The van der Waals surface area contributed by atoms with E-state index in [-0.39, 0.29) is 18.3 Å². The first-order chi connectivity index (χ1) is 15.3. The molecule has 0 N–H and O–H groups in total. The number of aryl methyl sites for hydroxylation is 1. The number of para-hydroxylation sites is 2. The van der Waals surface area contributed by atoms with Crippen molar-refractivity contribution in [2.45, 2.75) is 52.2 Å². The molecule has 5 heteroatoms. The number of nitrogens with zero attached hydrogens (tertiary/aromatic N) is 2. The average molecular weight is 424 g/mol. The Labute approximate surface area is 190 Å². The van der Waals surface area contributed by atoms with Crippen molar-refractivity contribution in [1.82, 2.24) is 9.55 Å². The van der Waals surface area contributed by atoms with Crippen LogP contribution in [0.15, 0.2) is 72.8 Å². The van der Waals surface area contributed by atoms with Crippen molar-refractivity contribution in [3.63, 3.8) is 0 Å². The van der Waals surface area contributed by atoms with Gasteiger partial charge < -0.3 is 9.31 Å². The summed E-state index contributed by atoms with van der Waals surface area (Å²) in [6.07, 6.45) is 0.882. The molecule has 162 valence electrons. The van der Waals surface area contributed by atoms with Crippen LogP contribution < -0.4 is 5.46 Å². The summed E-state index contributed by atoms with van der Waals surface area (Å²) in [7, 11) is -0.358. The molecule has 1 saturated heterocycles. The van der Waals surface area contributed by atoms with Crippen molar-refractivity contribution in [2.24, 2.45) is 0 Å². The normalized spacial score (nSPS) is 17.2. The van der Waals surface area contributed by atoms with E-state index >= 15 is 0 Å². The molecule has 0 atom stereocenters. The van der Waals surface area contributed by atoms with Gasteiger partial charge in [-0.25, -0.2) is 4.98 Å². The molecule has 1 aliphatic rings. The molecule has 1 aromatic heterocycles. The Kier molecular flexibility index (Phi) is 4.99. The van der Waals surface area contributed by atoms with Crippen LogP contribution in [-0.2, 0) is 15.7 Å². The summed E-state index contributed by atoms with van der Waals surface area (Å²) < 4.78 is 14.7. The van der Waals surface area contributed by atoms with Gasteiger partial charge >= 0.3 is 7.12 Å². The molecular weight excluding hydrogens is 395 g/mol. The third-order valence-corrected chi connectivity index (χ3v) is 6.82. The quantitative estimate of drug-likeness (QED) is 0.403.